The van der Waals surface area contributed by atoms with Crippen molar-refractivity contribution in [1.82, 2.24) is 4.90 Å². The molecular weight excluding hydrogens is 392 g/mol. The summed E-state index contributed by atoms with van der Waals surface area (Å²) >= 11 is 0. The van der Waals surface area contributed by atoms with Gasteiger partial charge in [-0.1, -0.05) is 6.07 Å². The monoisotopic (exact) mass is 416 g/mol. The maximum absolute atomic E-state index is 12.4. The molecule has 0 saturated carbocycles. The lowest BCUT2D eigenvalue weighted by atomic mass is 10.2. The summed E-state index contributed by atoms with van der Waals surface area (Å²) in [6, 6.07) is 6.56. The van der Waals surface area contributed by atoms with Gasteiger partial charge in [-0.3, -0.25) is 9.59 Å². The van der Waals surface area contributed by atoms with Gasteiger partial charge in [-0.2, -0.15) is 0 Å². The molecule has 0 aliphatic carbocycles. The molecule has 2 N–H and O–H groups in total. The van der Waals surface area contributed by atoms with Gasteiger partial charge in [0.1, 0.15) is 17.1 Å². The molecule has 0 bridgehead atoms. The standard InChI is InChI=1S/C21H24N2O7/c1-13-16(21(26)28-4)10-15(30-13)11-23(2)20(25)8-6-14-5-7-17(18(9-14)27-3)29-12-19(22)24/h5-10H,11-12H2,1-4H3,(H2,22,24)/b8-6+. The number of nitrogens with two attached hydrogens (primary N) is 1. The lowest BCUT2D eigenvalue weighted by molar-refractivity contribution is -0.125. The number of hydrogen-bond acceptors (Lipinski definition) is 7. The van der Waals surface area contributed by atoms with Gasteiger partial charge in [0.15, 0.2) is 18.1 Å². The number of likely N-dealkylation sites (N-methyl/N-ethyl adjacent to an activating group) is 1. The topological polar surface area (TPSA) is 121 Å². The van der Waals surface area contributed by atoms with Crippen molar-refractivity contribution in [3.8, 4) is 11.5 Å². The first-order chi connectivity index (χ1) is 14.2. The second-order valence-electron chi connectivity index (χ2n) is 6.37. The van der Waals surface area contributed by atoms with Gasteiger partial charge in [0.2, 0.25) is 5.91 Å². The Morgan fingerprint density at radius 2 is 1.90 bits per heavy atom. The molecule has 9 nitrogen and oxygen atoms in total. The molecule has 1 aromatic heterocycles. The van der Waals surface area contributed by atoms with E-state index in [1.165, 1.54) is 25.2 Å². The molecule has 0 saturated heterocycles. The van der Waals surface area contributed by atoms with Crippen LogP contribution >= 0.6 is 0 Å². The van der Waals surface area contributed by atoms with Gasteiger partial charge >= 0.3 is 5.97 Å². The van der Waals surface area contributed by atoms with Crippen LogP contribution in [-0.4, -0.2) is 50.6 Å². The summed E-state index contributed by atoms with van der Waals surface area (Å²) in [7, 11) is 4.37. The van der Waals surface area contributed by atoms with Crippen LogP contribution in [-0.2, 0) is 20.9 Å². The number of amides is 2. The highest BCUT2D eigenvalue weighted by Gasteiger charge is 2.17. The van der Waals surface area contributed by atoms with Crippen LogP contribution in [0.4, 0.5) is 0 Å². The Bertz CT molecular complexity index is 962. The fourth-order valence-electron chi connectivity index (χ4n) is 2.60. The molecule has 2 amide bonds. The molecule has 0 aliphatic rings. The van der Waals surface area contributed by atoms with Crippen LogP contribution in [0.15, 0.2) is 34.8 Å². The zero-order chi connectivity index (χ0) is 22.3. The van der Waals surface area contributed by atoms with Gasteiger partial charge < -0.3 is 29.3 Å². The van der Waals surface area contributed by atoms with Crippen molar-refractivity contribution < 1.29 is 33.0 Å². The number of primary amides is 1. The minimum Gasteiger partial charge on any atom is -0.493 e. The lowest BCUT2D eigenvalue weighted by Gasteiger charge is -2.13. The highest BCUT2D eigenvalue weighted by molar-refractivity contribution is 5.92. The van der Waals surface area contributed by atoms with Crippen LogP contribution < -0.4 is 15.2 Å². The zero-order valence-corrected chi connectivity index (χ0v) is 17.3. The number of nitrogens with zero attached hydrogens (tertiary/aromatic N) is 1. The molecule has 2 aromatic rings. The summed E-state index contributed by atoms with van der Waals surface area (Å²) in [5.74, 6) is 0.311. The highest BCUT2D eigenvalue weighted by atomic mass is 16.5. The molecule has 0 atom stereocenters. The molecule has 1 aromatic carbocycles. The van der Waals surface area contributed by atoms with Gasteiger partial charge in [-0.15, -0.1) is 0 Å². The number of furan rings is 1. The molecule has 0 fully saturated rings. The van der Waals surface area contributed by atoms with Gasteiger partial charge in [-0.25, -0.2) is 4.79 Å². The van der Waals surface area contributed by atoms with E-state index in [1.54, 1.807) is 44.3 Å². The van der Waals surface area contributed by atoms with Crippen molar-refractivity contribution in [2.45, 2.75) is 13.5 Å². The van der Waals surface area contributed by atoms with E-state index in [0.717, 1.165) is 0 Å². The molecule has 30 heavy (non-hydrogen) atoms. The normalized spacial score (nSPS) is 10.7. The number of methoxy groups -OCH3 is 2. The van der Waals surface area contributed by atoms with Crippen LogP contribution in [0.25, 0.3) is 6.08 Å². The summed E-state index contributed by atoms with van der Waals surface area (Å²) in [6.07, 6.45) is 3.02. The Balaban J connectivity index is 2.04. The van der Waals surface area contributed by atoms with E-state index in [4.69, 9.17) is 24.4 Å². The SMILES string of the molecule is COC(=O)c1cc(CN(C)C(=O)/C=C/c2ccc(OCC(N)=O)c(OC)c2)oc1C. The molecule has 9 heteroatoms. The summed E-state index contributed by atoms with van der Waals surface area (Å²) in [5, 5.41) is 0. The number of benzene rings is 1. The number of hydrogen-bond donors (Lipinski definition) is 1. The number of aryl methyl sites for hydroxylation is 1. The van der Waals surface area contributed by atoms with Crippen molar-refractivity contribution in [3.05, 3.63) is 53.0 Å². The maximum Gasteiger partial charge on any atom is 0.341 e. The third kappa shape index (κ3) is 5.87. The zero-order valence-electron chi connectivity index (χ0n) is 17.3. The minimum atomic E-state index is -0.597. The second kappa shape index (κ2) is 10.1. The highest BCUT2D eigenvalue weighted by Crippen LogP contribution is 2.28. The Morgan fingerprint density at radius 3 is 2.53 bits per heavy atom. The molecule has 0 spiro atoms. The first-order valence-electron chi connectivity index (χ1n) is 8.95. The van der Waals surface area contributed by atoms with E-state index >= 15 is 0 Å². The third-order valence-electron chi connectivity index (χ3n) is 4.12. The van der Waals surface area contributed by atoms with Crippen LogP contribution in [0.1, 0.15) is 27.4 Å². The summed E-state index contributed by atoms with van der Waals surface area (Å²) in [4.78, 5) is 36.4. The quantitative estimate of drug-likeness (QED) is 0.489. The van der Waals surface area contributed by atoms with Crippen molar-refractivity contribution in [2.24, 2.45) is 5.73 Å². The molecule has 0 radical (unpaired) electrons. The van der Waals surface area contributed by atoms with E-state index < -0.39 is 11.9 Å². The van der Waals surface area contributed by atoms with Gasteiger partial charge in [-0.05, 0) is 36.8 Å². The van der Waals surface area contributed by atoms with Crippen LogP contribution in [0.3, 0.4) is 0 Å². The predicted octanol–water partition coefficient (Wildman–Crippen LogP) is 1.92. The number of carbonyl (C=O) groups is 3. The van der Waals surface area contributed by atoms with Crippen LogP contribution in [0.5, 0.6) is 11.5 Å². The first kappa shape index (κ1) is 22.5. The summed E-state index contributed by atoms with van der Waals surface area (Å²) in [6.45, 7) is 1.57. The molecular formula is C21H24N2O7. The van der Waals surface area contributed by atoms with E-state index in [9.17, 15) is 14.4 Å². The Hall–Kier alpha value is -3.75. The van der Waals surface area contributed by atoms with Gasteiger partial charge in [0, 0.05) is 13.1 Å². The first-order valence-corrected chi connectivity index (χ1v) is 8.95. The van der Waals surface area contributed by atoms with E-state index in [1.807, 2.05) is 0 Å². The van der Waals surface area contributed by atoms with E-state index in [2.05, 4.69) is 0 Å². The fraction of sp³-hybridized carbons (Fsp3) is 0.286. The van der Waals surface area contributed by atoms with E-state index in [-0.39, 0.29) is 19.1 Å². The van der Waals surface area contributed by atoms with Gasteiger partial charge in [0.05, 0.1) is 20.8 Å². The molecule has 160 valence electrons. The molecule has 0 aliphatic heterocycles. The largest absolute Gasteiger partial charge is 0.493 e. The summed E-state index contributed by atoms with van der Waals surface area (Å²) < 4.78 is 20.7. The average molecular weight is 416 g/mol. The van der Waals surface area contributed by atoms with Crippen molar-refractivity contribution in [1.29, 1.82) is 0 Å². The van der Waals surface area contributed by atoms with Crippen molar-refractivity contribution in [3.63, 3.8) is 0 Å². The second-order valence-corrected chi connectivity index (χ2v) is 6.37. The number of rotatable bonds is 9. The molecule has 2 rings (SSSR count). The van der Waals surface area contributed by atoms with Crippen LogP contribution in [0.2, 0.25) is 0 Å². The smallest absolute Gasteiger partial charge is 0.341 e. The maximum atomic E-state index is 12.4. The Labute approximate surface area is 174 Å². The Morgan fingerprint density at radius 1 is 1.17 bits per heavy atom. The van der Waals surface area contributed by atoms with E-state index in [0.29, 0.717) is 34.1 Å². The number of ether oxygens (including phenoxy) is 3. The fourth-order valence-corrected chi connectivity index (χ4v) is 2.60. The molecule has 1 heterocycles. The average Bonchev–Trinajstić information content (AvgIpc) is 3.09. The predicted molar refractivity (Wildman–Crippen MR) is 108 cm³/mol. The number of carbonyl (C=O) groups excluding carboxylic acids is 3. The van der Waals surface area contributed by atoms with Crippen molar-refractivity contribution in [2.75, 3.05) is 27.9 Å². The summed E-state index contributed by atoms with van der Waals surface area (Å²) in [5.41, 5.74) is 6.09. The third-order valence-corrected chi connectivity index (χ3v) is 4.12. The van der Waals surface area contributed by atoms with Gasteiger partial charge in [0.25, 0.3) is 5.91 Å². The minimum absolute atomic E-state index is 0.185. The lowest BCUT2D eigenvalue weighted by Crippen LogP contribution is -2.23. The molecule has 0 unspecified atom stereocenters. The number of esters is 1. The van der Waals surface area contributed by atoms with Crippen LogP contribution in [0, 0.1) is 6.92 Å². The Kier molecular flexibility index (Phi) is 7.62. The van der Waals surface area contributed by atoms with Crippen molar-refractivity contribution >= 4 is 23.9 Å².